The van der Waals surface area contributed by atoms with Crippen LogP contribution in [0.5, 0.6) is 5.88 Å². The number of nitrogens with zero attached hydrogens (tertiary/aromatic N) is 2. The normalized spacial score (nSPS) is 10.8. The van der Waals surface area contributed by atoms with E-state index in [9.17, 15) is 4.79 Å². The number of rotatable bonds is 6. The third-order valence-electron chi connectivity index (χ3n) is 2.31. The molecule has 0 aliphatic rings. The zero-order valence-corrected chi connectivity index (χ0v) is 10.3. The zero-order valence-electron chi connectivity index (χ0n) is 9.49. The van der Waals surface area contributed by atoms with E-state index in [4.69, 9.17) is 16.3 Å². The second kappa shape index (κ2) is 6.50. The molecule has 0 amide bonds. The van der Waals surface area contributed by atoms with E-state index in [-0.39, 0.29) is 16.5 Å². The van der Waals surface area contributed by atoms with Crippen LogP contribution in [-0.2, 0) is 0 Å². The van der Waals surface area contributed by atoms with Crippen molar-refractivity contribution in [2.24, 2.45) is 0 Å². The lowest BCUT2D eigenvalue weighted by Gasteiger charge is -2.17. The number of hydrogen-bond donors (Lipinski definition) is 1. The van der Waals surface area contributed by atoms with E-state index in [2.05, 4.69) is 28.7 Å². The van der Waals surface area contributed by atoms with Gasteiger partial charge >= 0.3 is 0 Å². The van der Waals surface area contributed by atoms with Crippen LogP contribution in [0.4, 0.5) is 0 Å². The molecule has 0 aromatic carbocycles. The van der Waals surface area contributed by atoms with Crippen molar-refractivity contribution in [2.75, 3.05) is 26.2 Å². The largest absolute Gasteiger partial charge is 0.475 e. The molecule has 1 rings (SSSR count). The Morgan fingerprint density at radius 2 is 2.19 bits per heavy atom. The maximum absolute atomic E-state index is 11.1. The molecule has 0 aliphatic carbocycles. The summed E-state index contributed by atoms with van der Waals surface area (Å²) in [5.41, 5.74) is -0.380. The molecule has 0 radical (unpaired) electrons. The molecule has 0 atom stereocenters. The Balaban J connectivity index is 2.49. The summed E-state index contributed by atoms with van der Waals surface area (Å²) in [6.07, 6.45) is 1.28. The molecule has 1 aromatic rings. The van der Waals surface area contributed by atoms with Crippen LogP contribution >= 0.6 is 11.6 Å². The molecule has 6 heteroatoms. The lowest BCUT2D eigenvalue weighted by molar-refractivity contribution is 0.217. The Morgan fingerprint density at radius 1 is 1.50 bits per heavy atom. The first-order valence-electron chi connectivity index (χ1n) is 5.27. The Hall–Kier alpha value is -1.07. The van der Waals surface area contributed by atoms with Gasteiger partial charge in [0, 0.05) is 6.54 Å². The average molecular weight is 246 g/mol. The molecule has 1 N–H and O–H groups in total. The second-order valence-corrected chi connectivity index (χ2v) is 3.60. The smallest absolute Gasteiger partial charge is 0.273 e. The lowest BCUT2D eigenvalue weighted by atomic mass is 10.5. The third kappa shape index (κ3) is 3.50. The molecular weight excluding hydrogens is 230 g/mol. The molecule has 16 heavy (non-hydrogen) atoms. The average Bonchev–Trinajstić information content (AvgIpc) is 2.30. The van der Waals surface area contributed by atoms with Crippen LogP contribution in [0.15, 0.2) is 11.1 Å². The van der Waals surface area contributed by atoms with Crippen LogP contribution < -0.4 is 10.3 Å². The fourth-order valence-electron chi connectivity index (χ4n) is 1.28. The van der Waals surface area contributed by atoms with Gasteiger partial charge in [0.05, 0.1) is 6.33 Å². The fraction of sp³-hybridized carbons (Fsp3) is 0.600. The number of H-pyrrole nitrogens is 1. The van der Waals surface area contributed by atoms with Crippen LogP contribution in [0.3, 0.4) is 0 Å². The molecule has 5 nitrogen and oxygen atoms in total. The van der Waals surface area contributed by atoms with E-state index in [0.29, 0.717) is 6.61 Å². The van der Waals surface area contributed by atoms with Gasteiger partial charge in [-0.25, -0.2) is 4.98 Å². The predicted molar refractivity (Wildman–Crippen MR) is 63.2 cm³/mol. The highest BCUT2D eigenvalue weighted by atomic mass is 35.5. The van der Waals surface area contributed by atoms with Crippen LogP contribution in [0, 0.1) is 0 Å². The lowest BCUT2D eigenvalue weighted by Crippen LogP contribution is -2.28. The molecule has 0 saturated carbocycles. The van der Waals surface area contributed by atoms with Crippen molar-refractivity contribution in [1.29, 1.82) is 0 Å². The Kier molecular flexibility index (Phi) is 5.28. The van der Waals surface area contributed by atoms with Crippen molar-refractivity contribution in [3.05, 3.63) is 21.7 Å². The Morgan fingerprint density at radius 3 is 2.81 bits per heavy atom. The van der Waals surface area contributed by atoms with Crippen molar-refractivity contribution >= 4 is 11.6 Å². The van der Waals surface area contributed by atoms with Crippen LogP contribution in [0.1, 0.15) is 13.8 Å². The summed E-state index contributed by atoms with van der Waals surface area (Å²) in [4.78, 5) is 19.6. The van der Waals surface area contributed by atoms with Crippen molar-refractivity contribution in [1.82, 2.24) is 14.9 Å². The van der Waals surface area contributed by atoms with Crippen molar-refractivity contribution in [3.8, 4) is 5.88 Å². The molecule has 0 unspecified atom stereocenters. The van der Waals surface area contributed by atoms with E-state index < -0.39 is 0 Å². The molecule has 1 aromatic heterocycles. The van der Waals surface area contributed by atoms with Gasteiger partial charge in [0.15, 0.2) is 5.02 Å². The van der Waals surface area contributed by atoms with Crippen LogP contribution in [0.25, 0.3) is 0 Å². The number of halogens is 1. The van der Waals surface area contributed by atoms with E-state index in [1.807, 2.05) is 0 Å². The summed E-state index contributed by atoms with van der Waals surface area (Å²) in [6, 6.07) is 0. The molecule has 0 saturated heterocycles. The minimum Gasteiger partial charge on any atom is -0.475 e. The summed E-state index contributed by atoms with van der Waals surface area (Å²) in [5, 5.41) is 0.00190. The molecule has 1 heterocycles. The maximum Gasteiger partial charge on any atom is 0.273 e. The van der Waals surface area contributed by atoms with E-state index in [0.717, 1.165) is 19.6 Å². The van der Waals surface area contributed by atoms with Crippen LogP contribution in [0.2, 0.25) is 5.02 Å². The number of ether oxygens (including phenoxy) is 1. The summed E-state index contributed by atoms with van der Waals surface area (Å²) < 4.78 is 5.35. The molecule has 0 bridgehead atoms. The molecule has 90 valence electrons. The topological polar surface area (TPSA) is 58.2 Å². The highest BCUT2D eigenvalue weighted by molar-refractivity contribution is 6.31. The second-order valence-electron chi connectivity index (χ2n) is 3.23. The number of aromatic amines is 1. The van der Waals surface area contributed by atoms with E-state index >= 15 is 0 Å². The molecule has 0 aliphatic heterocycles. The van der Waals surface area contributed by atoms with Gasteiger partial charge in [0.2, 0.25) is 5.88 Å². The minimum atomic E-state index is -0.380. The van der Waals surface area contributed by atoms with Gasteiger partial charge in [0.1, 0.15) is 6.61 Å². The zero-order chi connectivity index (χ0) is 12.0. The van der Waals surface area contributed by atoms with Crippen LogP contribution in [-0.4, -0.2) is 41.1 Å². The van der Waals surface area contributed by atoms with Gasteiger partial charge in [-0.05, 0) is 13.1 Å². The van der Waals surface area contributed by atoms with Gasteiger partial charge in [0.25, 0.3) is 5.56 Å². The van der Waals surface area contributed by atoms with E-state index in [1.165, 1.54) is 6.33 Å². The molecule has 0 spiro atoms. The summed E-state index contributed by atoms with van der Waals surface area (Å²) in [7, 11) is 0. The number of aromatic nitrogens is 2. The molecule has 0 fully saturated rings. The van der Waals surface area contributed by atoms with E-state index in [1.54, 1.807) is 0 Å². The summed E-state index contributed by atoms with van der Waals surface area (Å²) in [5.74, 6) is 0.192. The van der Waals surface area contributed by atoms with Gasteiger partial charge in [-0.1, -0.05) is 25.4 Å². The SMILES string of the molecule is CCN(CC)CCOc1nc[nH]c(=O)c1Cl. The first-order chi connectivity index (χ1) is 7.69. The summed E-state index contributed by atoms with van der Waals surface area (Å²) in [6.45, 7) is 7.37. The number of nitrogens with one attached hydrogen (secondary N) is 1. The maximum atomic E-state index is 11.1. The third-order valence-corrected chi connectivity index (χ3v) is 2.64. The predicted octanol–water partition coefficient (Wildman–Crippen LogP) is 1.14. The summed E-state index contributed by atoms with van der Waals surface area (Å²) >= 11 is 5.73. The van der Waals surface area contributed by atoms with Gasteiger partial charge in [-0.2, -0.15) is 0 Å². The number of likely N-dealkylation sites (N-methyl/N-ethyl adjacent to an activating group) is 1. The minimum absolute atomic E-state index is 0.00190. The number of hydrogen-bond acceptors (Lipinski definition) is 4. The monoisotopic (exact) mass is 245 g/mol. The van der Waals surface area contributed by atoms with Gasteiger partial charge in [-0.3, -0.25) is 4.79 Å². The quantitative estimate of drug-likeness (QED) is 0.817. The van der Waals surface area contributed by atoms with Crippen molar-refractivity contribution in [3.63, 3.8) is 0 Å². The first-order valence-corrected chi connectivity index (χ1v) is 5.65. The van der Waals surface area contributed by atoms with Crippen molar-refractivity contribution < 1.29 is 4.74 Å². The van der Waals surface area contributed by atoms with Gasteiger partial charge < -0.3 is 14.6 Å². The van der Waals surface area contributed by atoms with Gasteiger partial charge in [-0.15, -0.1) is 0 Å². The highest BCUT2D eigenvalue weighted by Crippen LogP contribution is 2.14. The standard InChI is InChI=1S/C10H16ClN3O2/c1-3-14(4-2)5-6-16-10-8(11)9(15)12-7-13-10/h7H,3-6H2,1-2H3,(H,12,13,15). The Bertz CT molecular complexity index is 377. The highest BCUT2D eigenvalue weighted by Gasteiger charge is 2.07. The first kappa shape index (κ1) is 13.0. The Labute approximate surface area is 99.4 Å². The van der Waals surface area contributed by atoms with Crippen molar-refractivity contribution in [2.45, 2.75) is 13.8 Å². The fourth-order valence-corrected chi connectivity index (χ4v) is 1.44. The molecular formula is C10H16ClN3O2.